The number of urea groups is 1. The smallest absolute Gasteiger partial charge is 0.321 e. The van der Waals surface area contributed by atoms with Gasteiger partial charge in [0.1, 0.15) is 5.82 Å². The van der Waals surface area contributed by atoms with E-state index in [4.69, 9.17) is 0 Å². The van der Waals surface area contributed by atoms with E-state index in [9.17, 15) is 14.3 Å². The van der Waals surface area contributed by atoms with Crippen LogP contribution in [0.4, 0.5) is 14.9 Å². The summed E-state index contributed by atoms with van der Waals surface area (Å²) in [6, 6.07) is 5.36. The third-order valence-electron chi connectivity index (χ3n) is 3.97. The highest BCUT2D eigenvalue weighted by molar-refractivity contribution is 5.89. The largest absolute Gasteiger partial charge is 0.390 e. The molecular formula is C16H25FN4O2. The molecule has 1 heterocycles. The van der Waals surface area contributed by atoms with Crippen molar-refractivity contribution in [3.63, 3.8) is 0 Å². The summed E-state index contributed by atoms with van der Waals surface area (Å²) >= 11 is 0. The molecule has 0 radical (unpaired) electrons. The second-order valence-electron chi connectivity index (χ2n) is 6.08. The van der Waals surface area contributed by atoms with Gasteiger partial charge in [0.15, 0.2) is 0 Å². The molecule has 2 rings (SSSR count). The fourth-order valence-corrected chi connectivity index (χ4v) is 2.57. The molecule has 1 unspecified atom stereocenters. The normalized spacial score (nSPS) is 17.7. The lowest BCUT2D eigenvalue weighted by atomic mass is 10.2. The van der Waals surface area contributed by atoms with Crippen molar-refractivity contribution < 1.29 is 14.3 Å². The first-order chi connectivity index (χ1) is 10.9. The number of hydrogen-bond donors (Lipinski definition) is 2. The number of carbonyl (C=O) groups is 1. The van der Waals surface area contributed by atoms with Gasteiger partial charge in [-0.05, 0) is 25.2 Å². The first-order valence-electron chi connectivity index (χ1n) is 7.80. The molecule has 128 valence electrons. The fourth-order valence-electron chi connectivity index (χ4n) is 2.57. The van der Waals surface area contributed by atoms with Crippen molar-refractivity contribution in [2.24, 2.45) is 0 Å². The number of halogens is 1. The van der Waals surface area contributed by atoms with Gasteiger partial charge in [0.05, 0.1) is 6.10 Å². The maximum Gasteiger partial charge on any atom is 0.321 e. The molecule has 0 bridgehead atoms. The van der Waals surface area contributed by atoms with Gasteiger partial charge in [-0.3, -0.25) is 4.90 Å². The van der Waals surface area contributed by atoms with Crippen LogP contribution < -0.4 is 5.32 Å². The van der Waals surface area contributed by atoms with Crippen molar-refractivity contribution in [3.05, 3.63) is 30.1 Å². The van der Waals surface area contributed by atoms with E-state index in [0.29, 0.717) is 12.2 Å². The molecule has 1 aliphatic rings. The first-order valence-corrected chi connectivity index (χ1v) is 7.80. The molecule has 1 fully saturated rings. The lowest BCUT2D eigenvalue weighted by Gasteiger charge is -2.34. The van der Waals surface area contributed by atoms with Crippen molar-refractivity contribution in [1.82, 2.24) is 14.7 Å². The standard InChI is InChI=1S/C16H25FN4O2/c1-19-6-8-21(9-7-19)12-15(22)11-20(2)16(23)18-14-5-3-4-13(17)10-14/h3-5,10,15,22H,6-9,11-12H2,1-2H3,(H,18,23). The number of carbonyl (C=O) groups excluding carboxylic acids is 1. The van der Waals surface area contributed by atoms with Crippen LogP contribution in [0.15, 0.2) is 24.3 Å². The number of piperazine rings is 1. The quantitative estimate of drug-likeness (QED) is 0.845. The van der Waals surface area contributed by atoms with Gasteiger partial charge in [0, 0.05) is 52.0 Å². The zero-order chi connectivity index (χ0) is 16.8. The van der Waals surface area contributed by atoms with Crippen molar-refractivity contribution >= 4 is 11.7 Å². The summed E-state index contributed by atoms with van der Waals surface area (Å²) in [5, 5.41) is 12.8. The number of aliphatic hydroxyl groups excluding tert-OH is 1. The SMILES string of the molecule is CN1CCN(CC(O)CN(C)C(=O)Nc2cccc(F)c2)CC1. The molecule has 2 amide bonds. The maximum absolute atomic E-state index is 13.1. The highest BCUT2D eigenvalue weighted by Gasteiger charge is 2.19. The molecule has 23 heavy (non-hydrogen) atoms. The lowest BCUT2D eigenvalue weighted by Crippen LogP contribution is -2.49. The Morgan fingerprint density at radius 1 is 1.39 bits per heavy atom. The summed E-state index contributed by atoms with van der Waals surface area (Å²) in [6.45, 7) is 4.60. The van der Waals surface area contributed by atoms with Gasteiger partial charge in [-0.2, -0.15) is 0 Å². The average molecular weight is 324 g/mol. The third kappa shape index (κ3) is 5.78. The van der Waals surface area contributed by atoms with E-state index in [2.05, 4.69) is 22.2 Å². The summed E-state index contributed by atoms with van der Waals surface area (Å²) in [5.41, 5.74) is 0.399. The maximum atomic E-state index is 13.1. The molecule has 6 nitrogen and oxygen atoms in total. The van der Waals surface area contributed by atoms with E-state index in [1.165, 1.54) is 23.1 Å². The summed E-state index contributed by atoms with van der Waals surface area (Å²) in [5.74, 6) is -0.402. The van der Waals surface area contributed by atoms with E-state index in [-0.39, 0.29) is 12.6 Å². The molecule has 1 aromatic carbocycles. The van der Waals surface area contributed by atoms with Gasteiger partial charge in [-0.25, -0.2) is 9.18 Å². The van der Waals surface area contributed by atoms with Crippen LogP contribution in [0.3, 0.4) is 0 Å². The van der Waals surface area contributed by atoms with E-state index in [1.54, 1.807) is 13.1 Å². The monoisotopic (exact) mass is 324 g/mol. The Morgan fingerprint density at radius 3 is 2.74 bits per heavy atom. The van der Waals surface area contributed by atoms with Crippen LogP contribution >= 0.6 is 0 Å². The molecule has 0 saturated carbocycles. The zero-order valence-electron chi connectivity index (χ0n) is 13.7. The molecule has 1 atom stereocenters. The van der Waals surface area contributed by atoms with Crippen LogP contribution in [-0.2, 0) is 0 Å². The summed E-state index contributed by atoms with van der Waals surface area (Å²) in [4.78, 5) is 17.9. The number of likely N-dealkylation sites (N-methyl/N-ethyl adjacent to an activating group) is 2. The topological polar surface area (TPSA) is 59.1 Å². The Kier molecular flexibility index (Phi) is 6.32. The van der Waals surface area contributed by atoms with Crippen molar-refractivity contribution in [3.8, 4) is 0 Å². The number of β-amino-alcohol motifs (C(OH)–C–C–N with tert-alkyl or cyclic N) is 1. The molecule has 1 saturated heterocycles. The Morgan fingerprint density at radius 2 is 2.09 bits per heavy atom. The van der Waals surface area contributed by atoms with Gasteiger partial charge >= 0.3 is 6.03 Å². The molecule has 0 spiro atoms. The van der Waals surface area contributed by atoms with E-state index in [1.807, 2.05) is 0 Å². The van der Waals surface area contributed by atoms with Crippen molar-refractivity contribution in [1.29, 1.82) is 0 Å². The summed E-state index contributed by atoms with van der Waals surface area (Å²) in [6.07, 6.45) is -0.610. The number of amides is 2. The number of nitrogens with zero attached hydrogens (tertiary/aromatic N) is 3. The van der Waals surface area contributed by atoms with Gasteiger partial charge < -0.3 is 20.2 Å². The van der Waals surface area contributed by atoms with E-state index >= 15 is 0 Å². The molecule has 1 aromatic rings. The Labute approximate surface area is 136 Å². The van der Waals surface area contributed by atoms with Gasteiger partial charge in [0.2, 0.25) is 0 Å². The average Bonchev–Trinajstić information content (AvgIpc) is 2.49. The van der Waals surface area contributed by atoms with Crippen LogP contribution in [0, 0.1) is 5.82 Å². The first kappa shape index (κ1) is 17.7. The van der Waals surface area contributed by atoms with Gasteiger partial charge in [-0.15, -0.1) is 0 Å². The molecular weight excluding hydrogens is 299 g/mol. The highest BCUT2D eigenvalue weighted by Crippen LogP contribution is 2.10. The van der Waals surface area contributed by atoms with Gasteiger partial charge in [0.25, 0.3) is 0 Å². The fraction of sp³-hybridized carbons (Fsp3) is 0.562. The zero-order valence-corrected chi connectivity index (χ0v) is 13.7. The van der Waals surface area contributed by atoms with E-state index < -0.39 is 11.9 Å². The predicted octanol–water partition coefficient (Wildman–Crippen LogP) is 0.898. The van der Waals surface area contributed by atoms with Crippen LogP contribution in [0.2, 0.25) is 0 Å². The summed E-state index contributed by atoms with van der Waals surface area (Å²) < 4.78 is 13.1. The van der Waals surface area contributed by atoms with Gasteiger partial charge in [-0.1, -0.05) is 6.07 Å². The Hall–Kier alpha value is -1.70. The van der Waals surface area contributed by atoms with E-state index in [0.717, 1.165) is 26.2 Å². The second kappa shape index (κ2) is 8.24. The second-order valence-corrected chi connectivity index (χ2v) is 6.08. The predicted molar refractivity (Wildman–Crippen MR) is 88.0 cm³/mol. The summed E-state index contributed by atoms with van der Waals surface area (Å²) in [7, 11) is 3.69. The molecule has 0 aliphatic carbocycles. The van der Waals surface area contributed by atoms with Crippen LogP contribution in [-0.4, -0.2) is 85.3 Å². The molecule has 7 heteroatoms. The van der Waals surface area contributed by atoms with Crippen LogP contribution in [0.1, 0.15) is 0 Å². The number of aliphatic hydroxyl groups is 1. The highest BCUT2D eigenvalue weighted by atomic mass is 19.1. The molecule has 1 aliphatic heterocycles. The van der Waals surface area contributed by atoms with Crippen molar-refractivity contribution in [2.45, 2.75) is 6.10 Å². The minimum Gasteiger partial charge on any atom is -0.390 e. The molecule has 0 aromatic heterocycles. The lowest BCUT2D eigenvalue weighted by molar-refractivity contribution is 0.0670. The number of benzene rings is 1. The Bertz CT molecular complexity index is 521. The van der Waals surface area contributed by atoms with Crippen molar-refractivity contribution in [2.75, 3.05) is 58.7 Å². The van der Waals surface area contributed by atoms with Crippen LogP contribution in [0.5, 0.6) is 0 Å². The number of hydrogen-bond acceptors (Lipinski definition) is 4. The number of nitrogens with one attached hydrogen (secondary N) is 1. The minimum atomic E-state index is -0.610. The number of anilines is 1. The number of rotatable bonds is 5. The minimum absolute atomic E-state index is 0.230. The third-order valence-corrected chi connectivity index (χ3v) is 3.97. The van der Waals surface area contributed by atoms with Crippen LogP contribution in [0.25, 0.3) is 0 Å². The molecule has 2 N–H and O–H groups in total. The Balaban J connectivity index is 1.76.